The van der Waals surface area contributed by atoms with E-state index in [0.29, 0.717) is 18.9 Å². The summed E-state index contributed by atoms with van der Waals surface area (Å²) in [6.07, 6.45) is 3.39. The zero-order valence-corrected chi connectivity index (χ0v) is 11.4. The number of hydrogen-bond donors (Lipinski definition) is 1. The molecule has 1 aliphatic carbocycles. The summed E-state index contributed by atoms with van der Waals surface area (Å²) in [5.74, 6) is -0.359. The van der Waals surface area contributed by atoms with E-state index in [1.807, 2.05) is 30.3 Å². The van der Waals surface area contributed by atoms with Crippen LogP contribution in [0, 0.1) is 11.8 Å². The molecule has 0 radical (unpaired) electrons. The van der Waals surface area contributed by atoms with Gasteiger partial charge in [-0.3, -0.25) is 4.79 Å². The SMILES string of the molecule is O=C(O)C1C2CCCC2CN1C(=O)Cc1ccccc1. The fourth-order valence-electron chi connectivity index (χ4n) is 3.75. The molecule has 2 aliphatic rings. The summed E-state index contributed by atoms with van der Waals surface area (Å²) >= 11 is 0. The van der Waals surface area contributed by atoms with E-state index in [4.69, 9.17) is 0 Å². The molecule has 1 heterocycles. The van der Waals surface area contributed by atoms with Gasteiger partial charge in [0.1, 0.15) is 6.04 Å². The number of carbonyl (C=O) groups excluding carboxylic acids is 1. The molecule has 0 spiro atoms. The first-order valence-electron chi connectivity index (χ1n) is 7.23. The summed E-state index contributed by atoms with van der Waals surface area (Å²) in [5.41, 5.74) is 0.943. The average Bonchev–Trinajstić information content (AvgIpc) is 2.98. The highest BCUT2D eigenvalue weighted by Crippen LogP contribution is 2.42. The zero-order chi connectivity index (χ0) is 14.1. The van der Waals surface area contributed by atoms with Crippen molar-refractivity contribution in [3.63, 3.8) is 0 Å². The molecular formula is C16H19NO3. The number of carboxylic acids is 1. The summed E-state index contributed by atoms with van der Waals surface area (Å²) in [7, 11) is 0. The number of carboxylic acid groups (broad SMARTS) is 1. The van der Waals surface area contributed by atoms with Gasteiger partial charge in [0.05, 0.1) is 6.42 Å². The van der Waals surface area contributed by atoms with Gasteiger partial charge in [0, 0.05) is 6.54 Å². The van der Waals surface area contributed by atoms with Crippen LogP contribution in [0.3, 0.4) is 0 Å². The molecule has 20 heavy (non-hydrogen) atoms. The second-order valence-corrected chi connectivity index (χ2v) is 5.85. The monoisotopic (exact) mass is 273 g/mol. The standard InChI is InChI=1S/C16H19NO3/c18-14(9-11-5-2-1-3-6-11)17-10-12-7-4-8-13(12)15(17)16(19)20/h1-3,5-6,12-13,15H,4,7-10H2,(H,19,20). The van der Waals surface area contributed by atoms with E-state index in [1.54, 1.807) is 4.90 Å². The van der Waals surface area contributed by atoms with Gasteiger partial charge in [-0.15, -0.1) is 0 Å². The molecule has 2 fully saturated rings. The van der Waals surface area contributed by atoms with Crippen molar-refractivity contribution in [3.8, 4) is 0 Å². The number of nitrogens with zero attached hydrogens (tertiary/aromatic N) is 1. The second kappa shape index (κ2) is 5.27. The normalized spacial score (nSPS) is 28.4. The molecule has 0 bridgehead atoms. The van der Waals surface area contributed by atoms with Gasteiger partial charge in [-0.25, -0.2) is 4.79 Å². The van der Waals surface area contributed by atoms with Crippen molar-refractivity contribution in [2.24, 2.45) is 11.8 Å². The van der Waals surface area contributed by atoms with Crippen molar-refractivity contribution >= 4 is 11.9 Å². The lowest BCUT2D eigenvalue weighted by Gasteiger charge is -2.24. The highest BCUT2D eigenvalue weighted by atomic mass is 16.4. The number of carbonyl (C=O) groups is 2. The molecule has 1 aromatic rings. The third-order valence-corrected chi connectivity index (χ3v) is 4.66. The van der Waals surface area contributed by atoms with Crippen molar-refractivity contribution in [2.45, 2.75) is 31.7 Å². The molecule has 4 heteroatoms. The number of aliphatic carboxylic acids is 1. The predicted molar refractivity (Wildman–Crippen MR) is 74.1 cm³/mol. The van der Waals surface area contributed by atoms with Gasteiger partial charge in [0.25, 0.3) is 0 Å². The van der Waals surface area contributed by atoms with Crippen molar-refractivity contribution in [1.29, 1.82) is 0 Å². The Balaban J connectivity index is 1.75. The first kappa shape index (κ1) is 13.2. The highest BCUT2D eigenvalue weighted by molar-refractivity contribution is 5.86. The smallest absolute Gasteiger partial charge is 0.326 e. The van der Waals surface area contributed by atoms with Gasteiger partial charge in [-0.2, -0.15) is 0 Å². The summed E-state index contributed by atoms with van der Waals surface area (Å²) < 4.78 is 0. The third kappa shape index (κ3) is 2.30. The van der Waals surface area contributed by atoms with Gasteiger partial charge in [0.2, 0.25) is 5.91 Å². The predicted octanol–water partition coefficient (Wildman–Crippen LogP) is 1.94. The summed E-state index contributed by atoms with van der Waals surface area (Å²) in [6, 6.07) is 8.91. The molecule has 3 unspecified atom stereocenters. The van der Waals surface area contributed by atoms with E-state index in [9.17, 15) is 14.7 Å². The molecule has 1 aromatic carbocycles. The fourth-order valence-corrected chi connectivity index (χ4v) is 3.75. The second-order valence-electron chi connectivity index (χ2n) is 5.85. The summed E-state index contributed by atoms with van der Waals surface area (Å²) in [5, 5.41) is 9.45. The first-order chi connectivity index (χ1) is 9.66. The molecule has 1 saturated heterocycles. The highest BCUT2D eigenvalue weighted by Gasteiger charge is 2.49. The lowest BCUT2D eigenvalue weighted by Crippen LogP contribution is -2.43. The van der Waals surface area contributed by atoms with E-state index >= 15 is 0 Å². The minimum Gasteiger partial charge on any atom is -0.480 e. The summed E-state index contributed by atoms with van der Waals surface area (Å²) in [4.78, 5) is 25.5. The van der Waals surface area contributed by atoms with Crippen LogP contribution < -0.4 is 0 Å². The van der Waals surface area contributed by atoms with Crippen molar-refractivity contribution in [1.82, 2.24) is 4.90 Å². The fraction of sp³-hybridized carbons (Fsp3) is 0.500. The molecule has 1 N–H and O–H groups in total. The minimum absolute atomic E-state index is 0.0574. The Bertz CT molecular complexity index is 514. The van der Waals surface area contributed by atoms with E-state index in [1.165, 1.54) is 0 Å². The number of fused-ring (bicyclic) bond motifs is 1. The van der Waals surface area contributed by atoms with Crippen LogP contribution in [0.15, 0.2) is 30.3 Å². The molecule has 3 atom stereocenters. The number of rotatable bonds is 3. The largest absolute Gasteiger partial charge is 0.480 e. The lowest BCUT2D eigenvalue weighted by molar-refractivity contribution is -0.149. The molecule has 4 nitrogen and oxygen atoms in total. The van der Waals surface area contributed by atoms with Crippen LogP contribution in [0.25, 0.3) is 0 Å². The van der Waals surface area contributed by atoms with Crippen molar-refractivity contribution in [3.05, 3.63) is 35.9 Å². The van der Waals surface area contributed by atoms with Crippen LogP contribution >= 0.6 is 0 Å². The molecule has 1 aliphatic heterocycles. The maximum atomic E-state index is 12.4. The van der Waals surface area contributed by atoms with Crippen LogP contribution in [0.2, 0.25) is 0 Å². The Morgan fingerprint density at radius 2 is 1.95 bits per heavy atom. The van der Waals surface area contributed by atoms with Gasteiger partial charge in [0.15, 0.2) is 0 Å². The number of hydrogen-bond acceptors (Lipinski definition) is 2. The Labute approximate surface area is 118 Å². The summed E-state index contributed by atoms with van der Waals surface area (Å²) in [6.45, 7) is 0.618. The Morgan fingerprint density at radius 3 is 2.65 bits per heavy atom. The number of amides is 1. The quantitative estimate of drug-likeness (QED) is 0.915. The van der Waals surface area contributed by atoms with Crippen LogP contribution in [-0.4, -0.2) is 34.5 Å². The van der Waals surface area contributed by atoms with Crippen LogP contribution in [0.4, 0.5) is 0 Å². The molecule has 1 saturated carbocycles. The van der Waals surface area contributed by atoms with Crippen molar-refractivity contribution < 1.29 is 14.7 Å². The Hall–Kier alpha value is -1.84. The van der Waals surface area contributed by atoms with Crippen LogP contribution in [-0.2, 0) is 16.0 Å². The van der Waals surface area contributed by atoms with Gasteiger partial charge < -0.3 is 10.0 Å². The molecule has 3 rings (SSSR count). The minimum atomic E-state index is -0.846. The van der Waals surface area contributed by atoms with E-state index < -0.39 is 12.0 Å². The molecule has 0 aromatic heterocycles. The van der Waals surface area contributed by atoms with Crippen molar-refractivity contribution in [2.75, 3.05) is 6.54 Å². The zero-order valence-electron chi connectivity index (χ0n) is 11.4. The maximum Gasteiger partial charge on any atom is 0.326 e. The van der Waals surface area contributed by atoms with E-state index in [0.717, 1.165) is 24.8 Å². The number of likely N-dealkylation sites (tertiary alicyclic amines) is 1. The Morgan fingerprint density at radius 1 is 1.20 bits per heavy atom. The van der Waals surface area contributed by atoms with E-state index in [-0.39, 0.29) is 11.8 Å². The third-order valence-electron chi connectivity index (χ3n) is 4.66. The molecular weight excluding hydrogens is 254 g/mol. The maximum absolute atomic E-state index is 12.4. The van der Waals surface area contributed by atoms with E-state index in [2.05, 4.69) is 0 Å². The van der Waals surface area contributed by atoms with Crippen LogP contribution in [0.5, 0.6) is 0 Å². The average molecular weight is 273 g/mol. The number of benzene rings is 1. The van der Waals surface area contributed by atoms with Gasteiger partial charge in [-0.1, -0.05) is 36.8 Å². The topological polar surface area (TPSA) is 57.6 Å². The first-order valence-corrected chi connectivity index (χ1v) is 7.23. The van der Waals surface area contributed by atoms with Gasteiger partial charge in [-0.05, 0) is 30.2 Å². The molecule has 1 amide bonds. The molecule has 106 valence electrons. The van der Waals surface area contributed by atoms with Crippen LogP contribution in [0.1, 0.15) is 24.8 Å². The Kier molecular flexibility index (Phi) is 3.47. The van der Waals surface area contributed by atoms with Gasteiger partial charge >= 0.3 is 5.97 Å². The lowest BCUT2D eigenvalue weighted by atomic mass is 9.94.